The van der Waals surface area contributed by atoms with E-state index in [2.05, 4.69) is 9.97 Å². The highest BCUT2D eigenvalue weighted by atomic mass is 16.3. The Hall–Kier alpha value is -2.92. The maximum absolute atomic E-state index is 8.97. The molecular weight excluding hydrogens is 216 g/mol. The smallest absolute Gasteiger partial charge is 0.234 e. The van der Waals surface area contributed by atoms with Gasteiger partial charge in [0.2, 0.25) is 5.82 Å². The van der Waals surface area contributed by atoms with Gasteiger partial charge in [-0.25, -0.2) is 9.97 Å². The molecule has 0 saturated carbocycles. The van der Waals surface area contributed by atoms with Crippen molar-refractivity contribution in [2.45, 2.75) is 0 Å². The second-order valence-electron chi connectivity index (χ2n) is 3.40. The molecule has 0 saturated heterocycles. The van der Waals surface area contributed by atoms with Gasteiger partial charge in [0.25, 0.3) is 0 Å². The first kappa shape index (κ1) is 9.32. The van der Waals surface area contributed by atoms with Gasteiger partial charge in [-0.3, -0.25) is 0 Å². The van der Waals surface area contributed by atoms with Gasteiger partial charge in [-0.1, -0.05) is 12.1 Å². The number of benzene rings is 1. The average Bonchev–Trinajstić information content (AvgIpc) is 2.76. The van der Waals surface area contributed by atoms with Crippen LogP contribution in [0.25, 0.3) is 22.1 Å². The minimum absolute atomic E-state index is 0.0272. The zero-order valence-corrected chi connectivity index (χ0v) is 8.51. The predicted octanol–water partition coefficient (Wildman–Crippen LogP) is 2.12. The summed E-state index contributed by atoms with van der Waals surface area (Å²) in [5.74, 6) is -0.0272. The lowest BCUT2D eigenvalue weighted by molar-refractivity contribution is 0.663. The van der Waals surface area contributed by atoms with E-state index in [0.717, 1.165) is 5.39 Å². The van der Waals surface area contributed by atoms with Crippen molar-refractivity contribution in [3.8, 4) is 12.1 Å². The van der Waals surface area contributed by atoms with Gasteiger partial charge in [-0.15, -0.1) is 0 Å². The van der Waals surface area contributed by atoms with Gasteiger partial charge in [0, 0.05) is 5.39 Å². The van der Waals surface area contributed by atoms with Gasteiger partial charge >= 0.3 is 0 Å². The molecule has 0 aliphatic heterocycles. The number of nitriles is 2. The highest BCUT2D eigenvalue weighted by Gasteiger charge is 2.14. The molecule has 0 amide bonds. The van der Waals surface area contributed by atoms with E-state index in [1.165, 1.54) is 0 Å². The summed E-state index contributed by atoms with van der Waals surface area (Å²) < 4.78 is 5.52. The molecule has 1 aromatic carbocycles. The third-order valence-electron chi connectivity index (χ3n) is 2.43. The maximum Gasteiger partial charge on any atom is 0.234 e. The number of furan rings is 1. The molecule has 0 fully saturated rings. The van der Waals surface area contributed by atoms with Crippen LogP contribution in [-0.2, 0) is 0 Å². The second kappa shape index (κ2) is 3.29. The topological polar surface area (TPSA) is 86.5 Å². The molecule has 3 rings (SSSR count). The molecule has 2 aromatic heterocycles. The van der Waals surface area contributed by atoms with E-state index in [1.54, 1.807) is 6.07 Å². The summed E-state index contributed by atoms with van der Waals surface area (Å²) in [4.78, 5) is 7.88. The van der Waals surface area contributed by atoms with E-state index in [-0.39, 0.29) is 11.5 Å². The molecule has 3 aromatic rings. The van der Waals surface area contributed by atoms with Crippen LogP contribution < -0.4 is 0 Å². The minimum Gasteiger partial charge on any atom is -0.451 e. The summed E-state index contributed by atoms with van der Waals surface area (Å²) in [6, 6.07) is 11.0. The molecule has 78 valence electrons. The van der Waals surface area contributed by atoms with Crippen LogP contribution in [-0.4, -0.2) is 9.97 Å². The van der Waals surface area contributed by atoms with Gasteiger partial charge in [0.15, 0.2) is 11.3 Å². The van der Waals surface area contributed by atoms with Crippen molar-refractivity contribution >= 4 is 22.1 Å². The maximum atomic E-state index is 8.97. The molecule has 5 nitrogen and oxygen atoms in total. The van der Waals surface area contributed by atoms with Gasteiger partial charge < -0.3 is 4.42 Å². The molecule has 0 atom stereocenters. The number of hydrogen-bond acceptors (Lipinski definition) is 5. The largest absolute Gasteiger partial charge is 0.451 e. The van der Waals surface area contributed by atoms with E-state index in [9.17, 15) is 0 Å². The normalized spacial score (nSPS) is 10.2. The zero-order chi connectivity index (χ0) is 11.8. The van der Waals surface area contributed by atoms with Crippen LogP contribution in [0.5, 0.6) is 0 Å². The first-order valence-corrected chi connectivity index (χ1v) is 4.83. The van der Waals surface area contributed by atoms with Crippen molar-refractivity contribution in [2.24, 2.45) is 0 Å². The molecule has 0 unspecified atom stereocenters. The Morgan fingerprint density at radius 1 is 1.06 bits per heavy atom. The van der Waals surface area contributed by atoms with Crippen molar-refractivity contribution in [3.63, 3.8) is 0 Å². The van der Waals surface area contributed by atoms with Gasteiger partial charge in [0.05, 0.1) is 0 Å². The van der Waals surface area contributed by atoms with Gasteiger partial charge in [0.1, 0.15) is 23.2 Å². The first-order valence-electron chi connectivity index (χ1n) is 4.83. The number of nitrogens with zero attached hydrogens (tertiary/aromatic N) is 4. The standard InChI is InChI=1S/C12H4N4O/c13-5-8-12-11(16-10(6-14)15-8)7-3-1-2-4-9(7)17-12/h1-4H. The summed E-state index contributed by atoms with van der Waals surface area (Å²) in [5, 5.41) is 18.6. The van der Waals surface area contributed by atoms with Crippen LogP contribution in [0.3, 0.4) is 0 Å². The first-order chi connectivity index (χ1) is 8.33. The van der Waals surface area contributed by atoms with Gasteiger partial charge in [-0.2, -0.15) is 10.5 Å². The summed E-state index contributed by atoms with van der Waals surface area (Å²) in [6.07, 6.45) is 0. The number of rotatable bonds is 0. The lowest BCUT2D eigenvalue weighted by Crippen LogP contribution is -1.92. The highest BCUT2D eigenvalue weighted by molar-refractivity contribution is 6.03. The van der Waals surface area contributed by atoms with Crippen molar-refractivity contribution in [1.29, 1.82) is 10.5 Å². The summed E-state index contributed by atoms with van der Waals surface area (Å²) in [6.45, 7) is 0. The predicted molar refractivity (Wildman–Crippen MR) is 58.7 cm³/mol. The molecular formula is C12H4N4O. The molecule has 5 heteroatoms. The third kappa shape index (κ3) is 1.23. The molecule has 2 heterocycles. The minimum atomic E-state index is -0.0272. The fourth-order valence-electron chi connectivity index (χ4n) is 1.72. The monoisotopic (exact) mass is 220 g/mol. The molecule has 0 bridgehead atoms. The van der Waals surface area contributed by atoms with Crippen molar-refractivity contribution in [3.05, 3.63) is 35.8 Å². The summed E-state index contributed by atoms with van der Waals surface area (Å²) in [7, 11) is 0. The average molecular weight is 220 g/mol. The number of hydrogen-bond donors (Lipinski definition) is 0. The van der Waals surface area contributed by atoms with E-state index < -0.39 is 0 Å². The molecule has 0 aliphatic carbocycles. The zero-order valence-electron chi connectivity index (χ0n) is 8.51. The molecule has 0 aliphatic rings. The summed E-state index contributed by atoms with van der Waals surface area (Å²) in [5.41, 5.74) is 1.54. The van der Waals surface area contributed by atoms with Crippen LogP contribution in [0.15, 0.2) is 28.7 Å². The van der Waals surface area contributed by atoms with Crippen molar-refractivity contribution < 1.29 is 4.42 Å². The molecule has 0 radical (unpaired) electrons. The Morgan fingerprint density at radius 3 is 2.65 bits per heavy atom. The number of fused-ring (bicyclic) bond motifs is 3. The molecule has 17 heavy (non-hydrogen) atoms. The van der Waals surface area contributed by atoms with Crippen molar-refractivity contribution in [2.75, 3.05) is 0 Å². The van der Waals surface area contributed by atoms with E-state index in [0.29, 0.717) is 16.7 Å². The van der Waals surface area contributed by atoms with Crippen LogP contribution in [0.1, 0.15) is 11.5 Å². The fraction of sp³-hybridized carbons (Fsp3) is 0. The Morgan fingerprint density at radius 2 is 1.88 bits per heavy atom. The fourth-order valence-corrected chi connectivity index (χ4v) is 1.72. The SMILES string of the molecule is N#Cc1nc(C#N)c2oc3ccccc3c2n1. The molecule has 0 N–H and O–H groups in total. The van der Waals surface area contributed by atoms with Crippen LogP contribution in [0, 0.1) is 22.7 Å². The molecule has 0 spiro atoms. The number of para-hydroxylation sites is 1. The number of aromatic nitrogens is 2. The van der Waals surface area contributed by atoms with Crippen molar-refractivity contribution in [1.82, 2.24) is 9.97 Å². The van der Waals surface area contributed by atoms with Crippen LogP contribution in [0.4, 0.5) is 0 Å². The Kier molecular flexibility index (Phi) is 1.80. The van der Waals surface area contributed by atoms with Crippen LogP contribution >= 0.6 is 0 Å². The van der Waals surface area contributed by atoms with E-state index in [1.807, 2.05) is 30.3 Å². The Bertz CT molecular complexity index is 820. The summed E-state index contributed by atoms with van der Waals surface area (Å²) >= 11 is 0. The Labute approximate surface area is 95.5 Å². The highest BCUT2D eigenvalue weighted by Crippen LogP contribution is 2.28. The van der Waals surface area contributed by atoms with Crippen LogP contribution in [0.2, 0.25) is 0 Å². The van der Waals surface area contributed by atoms with E-state index >= 15 is 0 Å². The third-order valence-corrected chi connectivity index (χ3v) is 2.43. The second-order valence-corrected chi connectivity index (χ2v) is 3.40. The lowest BCUT2D eigenvalue weighted by atomic mass is 10.2. The Balaban J connectivity index is 2.58. The quantitative estimate of drug-likeness (QED) is 0.579. The lowest BCUT2D eigenvalue weighted by Gasteiger charge is -1.91. The van der Waals surface area contributed by atoms with E-state index in [4.69, 9.17) is 14.9 Å². The van der Waals surface area contributed by atoms with Gasteiger partial charge in [-0.05, 0) is 12.1 Å².